The Bertz CT molecular complexity index is 1380. The van der Waals surface area contributed by atoms with Gasteiger partial charge in [-0.25, -0.2) is 0 Å². The number of carbonyl (C=O) groups is 1. The van der Waals surface area contributed by atoms with Crippen molar-refractivity contribution in [1.82, 2.24) is 9.99 Å². The van der Waals surface area contributed by atoms with E-state index in [0.717, 1.165) is 34.6 Å². The van der Waals surface area contributed by atoms with E-state index in [2.05, 4.69) is 15.1 Å². The molecule has 0 radical (unpaired) electrons. The van der Waals surface area contributed by atoms with E-state index in [-0.39, 0.29) is 11.4 Å². The summed E-state index contributed by atoms with van der Waals surface area (Å²) >= 11 is 1.25. The first-order chi connectivity index (χ1) is 17.6. The van der Waals surface area contributed by atoms with Crippen LogP contribution >= 0.6 is 11.8 Å². The number of nitrogens with one attached hydrogen (secondary N) is 1. The molecule has 0 fully saturated rings. The third-order valence-corrected chi connectivity index (χ3v) is 6.42. The number of fused-ring (bicyclic) bond motifs is 1. The van der Waals surface area contributed by atoms with Gasteiger partial charge in [0.2, 0.25) is 5.17 Å². The van der Waals surface area contributed by atoms with E-state index in [4.69, 9.17) is 14.9 Å². The summed E-state index contributed by atoms with van der Waals surface area (Å²) in [5.74, 6) is 1.14. The number of amides is 1. The number of hydrazone groups is 1. The van der Waals surface area contributed by atoms with Crippen molar-refractivity contribution in [2.75, 3.05) is 13.2 Å². The number of aryl methyl sites for hydroxylation is 1. The zero-order chi connectivity index (χ0) is 24.9. The normalized spacial score (nSPS) is 16.0. The minimum absolute atomic E-state index is 0.00892. The van der Waals surface area contributed by atoms with Crippen molar-refractivity contribution in [2.45, 2.75) is 13.3 Å². The number of thioether (sulfide) groups is 1. The van der Waals surface area contributed by atoms with E-state index < -0.39 is 5.91 Å². The molecule has 0 atom stereocenters. The lowest BCUT2D eigenvalue weighted by molar-refractivity contribution is -0.114. The molecule has 0 bridgehead atoms. The van der Waals surface area contributed by atoms with E-state index in [1.165, 1.54) is 16.8 Å². The number of aliphatic imine (C=N–C) groups is 1. The maximum atomic E-state index is 12.7. The number of pyridine rings is 1. The van der Waals surface area contributed by atoms with E-state index >= 15 is 0 Å². The van der Waals surface area contributed by atoms with Crippen LogP contribution in [0.25, 0.3) is 6.08 Å². The largest absolute Gasteiger partial charge is 0.493 e. The number of para-hydroxylation sites is 1. The molecule has 36 heavy (non-hydrogen) atoms. The van der Waals surface area contributed by atoms with Gasteiger partial charge in [-0.3, -0.25) is 15.2 Å². The van der Waals surface area contributed by atoms with Gasteiger partial charge in [-0.05, 0) is 66.2 Å². The van der Waals surface area contributed by atoms with Crippen LogP contribution in [-0.2, 0) is 4.79 Å². The molecule has 0 aliphatic carbocycles. The van der Waals surface area contributed by atoms with Crippen molar-refractivity contribution in [3.05, 3.63) is 95.3 Å². The molecule has 0 spiro atoms. The van der Waals surface area contributed by atoms with E-state index in [1.807, 2.05) is 67.6 Å². The van der Waals surface area contributed by atoms with E-state index in [0.29, 0.717) is 23.4 Å². The molecule has 8 nitrogen and oxygen atoms in total. The van der Waals surface area contributed by atoms with E-state index in [9.17, 15) is 4.79 Å². The Kier molecular flexibility index (Phi) is 6.90. The van der Waals surface area contributed by atoms with Crippen molar-refractivity contribution in [3.8, 4) is 11.5 Å². The highest BCUT2D eigenvalue weighted by Crippen LogP contribution is 2.30. The fraction of sp³-hybridized carbons (Fsp3) is 0.148. The Labute approximate surface area is 212 Å². The highest BCUT2D eigenvalue weighted by molar-refractivity contribution is 8.27. The molecule has 2 aliphatic rings. The zero-order valence-electron chi connectivity index (χ0n) is 19.5. The standard InChI is InChI=1S/C27H23N5O3S/c1-18-6-2-3-8-23(18)35-15-5-14-34-21-11-9-19(10-12-21)16-22-24(28)32-27(30-25(22)33)36-26(31-32)20-7-4-13-29-17-20/h2-4,6-13,16-17,28H,5,14-15H2,1H3/b22-16-,28-24?. The fourth-order valence-electron chi connectivity index (χ4n) is 3.57. The van der Waals surface area contributed by atoms with Crippen LogP contribution in [0.2, 0.25) is 0 Å². The molecule has 1 aromatic heterocycles. The number of hydrogen-bond donors (Lipinski definition) is 1. The van der Waals surface area contributed by atoms with Crippen LogP contribution in [0.4, 0.5) is 0 Å². The molecule has 0 saturated heterocycles. The number of aromatic nitrogens is 1. The molecule has 9 heteroatoms. The number of ether oxygens (including phenoxy) is 2. The van der Waals surface area contributed by atoms with Crippen molar-refractivity contribution >= 4 is 39.8 Å². The van der Waals surface area contributed by atoms with Crippen LogP contribution in [0.1, 0.15) is 23.1 Å². The molecule has 0 unspecified atom stereocenters. The molecule has 180 valence electrons. The summed E-state index contributed by atoms with van der Waals surface area (Å²) in [6, 6.07) is 19.0. The Balaban J connectivity index is 1.18. The first kappa shape index (κ1) is 23.5. The predicted molar refractivity (Wildman–Crippen MR) is 142 cm³/mol. The smallest absolute Gasteiger partial charge is 0.283 e. The third-order valence-electron chi connectivity index (χ3n) is 5.46. The van der Waals surface area contributed by atoms with Gasteiger partial charge in [0.1, 0.15) is 16.5 Å². The second-order valence-corrected chi connectivity index (χ2v) is 9.01. The van der Waals surface area contributed by atoms with Gasteiger partial charge in [0.15, 0.2) is 5.84 Å². The fourth-order valence-corrected chi connectivity index (χ4v) is 4.46. The number of hydrogen-bond acceptors (Lipinski definition) is 7. The lowest BCUT2D eigenvalue weighted by Gasteiger charge is -2.20. The summed E-state index contributed by atoms with van der Waals surface area (Å²) in [5.41, 5.74) is 2.86. The average molecular weight is 498 g/mol. The van der Waals surface area contributed by atoms with Crippen LogP contribution in [-0.4, -0.2) is 45.2 Å². The second kappa shape index (κ2) is 10.6. The zero-order valence-corrected chi connectivity index (χ0v) is 20.4. The lowest BCUT2D eigenvalue weighted by Crippen LogP contribution is -2.35. The van der Waals surface area contributed by atoms with Crippen LogP contribution in [0.5, 0.6) is 11.5 Å². The van der Waals surface area contributed by atoms with Crippen LogP contribution in [0.3, 0.4) is 0 Å². The molecular formula is C27H23N5O3S. The first-order valence-electron chi connectivity index (χ1n) is 11.4. The average Bonchev–Trinajstić information content (AvgIpc) is 3.33. The second-order valence-electron chi connectivity index (χ2n) is 8.05. The Hall–Kier alpha value is -4.24. The van der Waals surface area contributed by atoms with Gasteiger partial charge >= 0.3 is 0 Å². The van der Waals surface area contributed by atoms with Crippen molar-refractivity contribution in [3.63, 3.8) is 0 Å². The summed E-state index contributed by atoms with van der Waals surface area (Å²) in [6.07, 6.45) is 5.76. The maximum Gasteiger partial charge on any atom is 0.283 e. The topological polar surface area (TPSA) is 100 Å². The molecular weight excluding hydrogens is 474 g/mol. The predicted octanol–water partition coefficient (Wildman–Crippen LogP) is 4.91. The molecule has 2 aromatic carbocycles. The number of nitrogens with zero attached hydrogens (tertiary/aromatic N) is 4. The first-order valence-corrected chi connectivity index (χ1v) is 12.2. The Morgan fingerprint density at radius 3 is 2.61 bits per heavy atom. The summed E-state index contributed by atoms with van der Waals surface area (Å²) in [4.78, 5) is 20.9. The Morgan fingerprint density at radius 1 is 1.03 bits per heavy atom. The van der Waals surface area contributed by atoms with Gasteiger partial charge in [0.05, 0.1) is 18.8 Å². The lowest BCUT2D eigenvalue weighted by atomic mass is 10.1. The molecule has 1 amide bonds. The van der Waals surface area contributed by atoms with Gasteiger partial charge in [0, 0.05) is 24.4 Å². The number of rotatable bonds is 8. The van der Waals surface area contributed by atoms with E-state index in [1.54, 1.807) is 18.5 Å². The maximum absolute atomic E-state index is 12.7. The highest BCUT2D eigenvalue weighted by atomic mass is 32.2. The van der Waals surface area contributed by atoms with Gasteiger partial charge in [-0.1, -0.05) is 30.3 Å². The van der Waals surface area contributed by atoms with Gasteiger partial charge in [-0.2, -0.15) is 15.1 Å². The summed E-state index contributed by atoms with van der Waals surface area (Å²) in [7, 11) is 0. The minimum atomic E-state index is -0.463. The highest BCUT2D eigenvalue weighted by Gasteiger charge is 2.36. The third kappa shape index (κ3) is 5.21. The number of carbonyl (C=O) groups excluding carboxylic acids is 1. The molecule has 3 aromatic rings. The summed E-state index contributed by atoms with van der Waals surface area (Å²) in [5, 5.41) is 15.4. The van der Waals surface area contributed by atoms with Crippen LogP contribution < -0.4 is 9.47 Å². The van der Waals surface area contributed by atoms with Gasteiger partial charge < -0.3 is 9.47 Å². The summed E-state index contributed by atoms with van der Waals surface area (Å²) < 4.78 is 11.6. The van der Waals surface area contributed by atoms with Crippen LogP contribution in [0, 0.1) is 12.3 Å². The van der Waals surface area contributed by atoms with Crippen LogP contribution in [0.15, 0.2) is 88.7 Å². The quantitative estimate of drug-likeness (QED) is 0.351. The molecule has 3 heterocycles. The SMILES string of the molecule is Cc1ccccc1OCCCOc1ccc(/C=C2/C(=N)N3N=C(c4cccnc4)SC3=NC2=O)cc1. The molecule has 2 aliphatic heterocycles. The van der Waals surface area contributed by atoms with Gasteiger partial charge in [0.25, 0.3) is 5.91 Å². The number of benzene rings is 2. The number of amidine groups is 2. The Morgan fingerprint density at radius 2 is 1.83 bits per heavy atom. The van der Waals surface area contributed by atoms with Crippen molar-refractivity contribution in [2.24, 2.45) is 10.1 Å². The summed E-state index contributed by atoms with van der Waals surface area (Å²) in [6.45, 7) is 3.12. The minimum Gasteiger partial charge on any atom is -0.493 e. The molecule has 0 saturated carbocycles. The van der Waals surface area contributed by atoms with Gasteiger partial charge in [-0.15, -0.1) is 0 Å². The van der Waals surface area contributed by atoms with Crippen molar-refractivity contribution in [1.29, 1.82) is 5.41 Å². The molecule has 1 N–H and O–H groups in total. The molecule has 5 rings (SSSR count). The monoisotopic (exact) mass is 497 g/mol. The van der Waals surface area contributed by atoms with Crippen molar-refractivity contribution < 1.29 is 14.3 Å².